The third-order valence-electron chi connectivity index (χ3n) is 4.66. The molecule has 0 saturated heterocycles. The van der Waals surface area contributed by atoms with Crippen LogP contribution < -0.4 is 0 Å². The van der Waals surface area contributed by atoms with E-state index in [9.17, 15) is 5.11 Å². The van der Waals surface area contributed by atoms with Crippen LogP contribution in [-0.4, -0.2) is 23.4 Å². The smallest absolute Gasteiger partial charge is 0.0942 e. The zero-order valence-corrected chi connectivity index (χ0v) is 11.3. The molecule has 0 aromatic carbocycles. The largest absolute Gasteiger partial charge is 0.390 e. The lowest BCUT2D eigenvalue weighted by Gasteiger charge is -2.31. The highest BCUT2D eigenvalue weighted by Gasteiger charge is 2.52. The number of aliphatic hydroxyl groups excluding tert-OH is 1. The second-order valence-electron chi connectivity index (χ2n) is 6.04. The fraction of sp³-hybridized carbons (Fsp3) is 1.00. The van der Waals surface area contributed by atoms with Gasteiger partial charge in [-0.05, 0) is 38.0 Å². The standard InChI is InChI=1S/C15H28O2/c1-2-3-4-5-6-7-10-17-15-9-8-13(12-15)11-14(15)16/h13-14,16H,2-12H2,1H3. The van der Waals surface area contributed by atoms with E-state index in [4.69, 9.17) is 4.74 Å². The summed E-state index contributed by atoms with van der Waals surface area (Å²) in [6.45, 7) is 3.11. The topological polar surface area (TPSA) is 29.5 Å². The highest BCUT2D eigenvalue weighted by atomic mass is 16.5. The molecule has 3 unspecified atom stereocenters. The molecule has 2 bridgehead atoms. The number of rotatable bonds is 8. The molecule has 3 atom stereocenters. The summed E-state index contributed by atoms with van der Waals surface area (Å²) in [6.07, 6.45) is 12.1. The van der Waals surface area contributed by atoms with Crippen LogP contribution in [0, 0.1) is 5.92 Å². The number of unbranched alkanes of at least 4 members (excludes halogenated alkanes) is 5. The van der Waals surface area contributed by atoms with Gasteiger partial charge >= 0.3 is 0 Å². The van der Waals surface area contributed by atoms with Crippen molar-refractivity contribution in [3.8, 4) is 0 Å². The van der Waals surface area contributed by atoms with Crippen LogP contribution >= 0.6 is 0 Å². The summed E-state index contributed by atoms with van der Waals surface area (Å²) in [6, 6.07) is 0. The normalized spacial score (nSPS) is 35.6. The van der Waals surface area contributed by atoms with E-state index in [1.54, 1.807) is 0 Å². The fourth-order valence-electron chi connectivity index (χ4n) is 3.56. The molecule has 2 aliphatic carbocycles. The molecular formula is C15H28O2. The van der Waals surface area contributed by atoms with E-state index in [0.29, 0.717) is 0 Å². The molecular weight excluding hydrogens is 212 g/mol. The van der Waals surface area contributed by atoms with Gasteiger partial charge in [0.05, 0.1) is 11.7 Å². The third-order valence-corrected chi connectivity index (χ3v) is 4.66. The molecule has 1 N–H and O–H groups in total. The van der Waals surface area contributed by atoms with Crippen molar-refractivity contribution < 1.29 is 9.84 Å². The quantitative estimate of drug-likeness (QED) is 0.656. The molecule has 17 heavy (non-hydrogen) atoms. The first-order valence-corrected chi connectivity index (χ1v) is 7.59. The average Bonchev–Trinajstić information content (AvgIpc) is 2.85. The summed E-state index contributed by atoms with van der Waals surface area (Å²) in [7, 11) is 0. The van der Waals surface area contributed by atoms with Crippen LogP contribution in [0.15, 0.2) is 0 Å². The summed E-state index contributed by atoms with van der Waals surface area (Å²) in [5.74, 6) is 0.745. The highest BCUT2D eigenvalue weighted by molar-refractivity contribution is 5.04. The zero-order valence-electron chi connectivity index (χ0n) is 11.3. The van der Waals surface area contributed by atoms with Gasteiger partial charge < -0.3 is 9.84 Å². The van der Waals surface area contributed by atoms with Crippen LogP contribution in [0.25, 0.3) is 0 Å². The van der Waals surface area contributed by atoms with E-state index in [2.05, 4.69) is 6.92 Å². The number of fused-ring (bicyclic) bond motifs is 2. The summed E-state index contributed by atoms with van der Waals surface area (Å²) in [4.78, 5) is 0. The third kappa shape index (κ3) is 3.23. The molecule has 0 aromatic rings. The van der Waals surface area contributed by atoms with E-state index in [0.717, 1.165) is 31.8 Å². The number of hydrogen-bond donors (Lipinski definition) is 1. The van der Waals surface area contributed by atoms with Gasteiger partial charge in [-0.3, -0.25) is 0 Å². The Bertz CT molecular complexity index is 229. The minimum Gasteiger partial charge on any atom is -0.390 e. The van der Waals surface area contributed by atoms with Crippen LogP contribution in [0.5, 0.6) is 0 Å². The molecule has 2 nitrogen and oxygen atoms in total. The van der Waals surface area contributed by atoms with Crippen molar-refractivity contribution in [2.45, 2.75) is 82.8 Å². The summed E-state index contributed by atoms with van der Waals surface area (Å²) in [5.41, 5.74) is -0.131. The summed E-state index contributed by atoms with van der Waals surface area (Å²) in [5, 5.41) is 10.0. The second-order valence-corrected chi connectivity index (χ2v) is 6.04. The second kappa shape index (κ2) is 6.19. The predicted octanol–water partition coefficient (Wildman–Crippen LogP) is 3.67. The Balaban J connectivity index is 1.56. The maximum Gasteiger partial charge on any atom is 0.0942 e. The van der Waals surface area contributed by atoms with Gasteiger partial charge in [-0.2, -0.15) is 0 Å². The van der Waals surface area contributed by atoms with Gasteiger partial charge in [-0.15, -0.1) is 0 Å². The first kappa shape index (κ1) is 13.4. The van der Waals surface area contributed by atoms with Crippen LogP contribution in [0.4, 0.5) is 0 Å². The fourth-order valence-corrected chi connectivity index (χ4v) is 3.56. The number of hydrogen-bond acceptors (Lipinski definition) is 2. The predicted molar refractivity (Wildman–Crippen MR) is 70.0 cm³/mol. The molecule has 0 aromatic heterocycles. The lowest BCUT2D eigenvalue weighted by Crippen LogP contribution is -2.40. The molecule has 2 fully saturated rings. The van der Waals surface area contributed by atoms with Crippen LogP contribution in [-0.2, 0) is 4.74 Å². The van der Waals surface area contributed by atoms with Crippen molar-refractivity contribution in [3.63, 3.8) is 0 Å². The molecule has 0 aliphatic heterocycles. The Kier molecular flexibility index (Phi) is 4.87. The molecule has 100 valence electrons. The number of aliphatic hydroxyl groups is 1. The molecule has 2 aliphatic rings. The molecule has 2 rings (SSSR count). The maximum atomic E-state index is 10.0. The maximum absolute atomic E-state index is 10.0. The molecule has 0 amide bonds. The molecule has 0 spiro atoms. The van der Waals surface area contributed by atoms with Crippen molar-refractivity contribution in [3.05, 3.63) is 0 Å². The van der Waals surface area contributed by atoms with E-state index in [1.807, 2.05) is 0 Å². The van der Waals surface area contributed by atoms with Crippen molar-refractivity contribution in [1.82, 2.24) is 0 Å². The number of ether oxygens (including phenoxy) is 1. The Hall–Kier alpha value is -0.0800. The molecule has 0 radical (unpaired) electrons. The van der Waals surface area contributed by atoms with Gasteiger partial charge in [-0.25, -0.2) is 0 Å². The van der Waals surface area contributed by atoms with E-state index >= 15 is 0 Å². The Morgan fingerprint density at radius 3 is 2.59 bits per heavy atom. The minimum absolute atomic E-state index is 0.131. The zero-order chi connectivity index (χ0) is 12.1. The van der Waals surface area contributed by atoms with Gasteiger partial charge in [0, 0.05) is 6.61 Å². The molecule has 0 heterocycles. The Morgan fingerprint density at radius 1 is 1.18 bits per heavy atom. The Morgan fingerprint density at radius 2 is 1.94 bits per heavy atom. The van der Waals surface area contributed by atoms with Crippen LogP contribution in [0.2, 0.25) is 0 Å². The van der Waals surface area contributed by atoms with Gasteiger partial charge in [-0.1, -0.05) is 39.0 Å². The van der Waals surface area contributed by atoms with Crippen LogP contribution in [0.1, 0.15) is 71.1 Å². The van der Waals surface area contributed by atoms with E-state index < -0.39 is 0 Å². The van der Waals surface area contributed by atoms with E-state index in [1.165, 1.54) is 44.9 Å². The first-order chi connectivity index (χ1) is 8.27. The Labute approximate surface area is 106 Å². The van der Waals surface area contributed by atoms with Crippen molar-refractivity contribution in [2.24, 2.45) is 5.92 Å². The average molecular weight is 240 g/mol. The molecule has 2 heteroatoms. The monoisotopic (exact) mass is 240 g/mol. The summed E-state index contributed by atoms with van der Waals surface area (Å²) >= 11 is 0. The van der Waals surface area contributed by atoms with E-state index in [-0.39, 0.29) is 11.7 Å². The van der Waals surface area contributed by atoms with Gasteiger partial charge in [0.15, 0.2) is 0 Å². The van der Waals surface area contributed by atoms with Crippen molar-refractivity contribution in [1.29, 1.82) is 0 Å². The van der Waals surface area contributed by atoms with Crippen molar-refractivity contribution >= 4 is 0 Å². The molecule has 2 saturated carbocycles. The van der Waals surface area contributed by atoms with Gasteiger partial charge in [0.25, 0.3) is 0 Å². The van der Waals surface area contributed by atoms with Gasteiger partial charge in [0.2, 0.25) is 0 Å². The SMILES string of the molecule is CCCCCCCCOC12CCC(CC1O)C2. The lowest BCUT2D eigenvalue weighted by atomic mass is 9.94. The highest BCUT2D eigenvalue weighted by Crippen LogP contribution is 2.50. The van der Waals surface area contributed by atoms with Crippen molar-refractivity contribution in [2.75, 3.05) is 6.61 Å². The lowest BCUT2D eigenvalue weighted by molar-refractivity contribution is -0.109. The van der Waals surface area contributed by atoms with Gasteiger partial charge in [0.1, 0.15) is 0 Å². The first-order valence-electron chi connectivity index (χ1n) is 7.59. The summed E-state index contributed by atoms with van der Waals surface area (Å²) < 4.78 is 6.05. The van der Waals surface area contributed by atoms with Crippen LogP contribution in [0.3, 0.4) is 0 Å². The minimum atomic E-state index is -0.179.